The van der Waals surface area contributed by atoms with Crippen LogP contribution >= 0.6 is 0 Å². The lowest BCUT2D eigenvalue weighted by Gasteiger charge is -2.31. The SMILES string of the molecule is NC1COCC1C(=O)NCC1CC(O)C1. The molecule has 0 aromatic rings. The summed E-state index contributed by atoms with van der Waals surface area (Å²) in [7, 11) is 0. The number of amides is 1. The van der Waals surface area contributed by atoms with Crippen LogP contribution in [0.2, 0.25) is 0 Å². The van der Waals surface area contributed by atoms with Crippen LogP contribution in [0.25, 0.3) is 0 Å². The normalized spacial score (nSPS) is 39.9. The van der Waals surface area contributed by atoms with Crippen molar-refractivity contribution >= 4 is 5.91 Å². The quantitative estimate of drug-likeness (QED) is 0.553. The highest BCUT2D eigenvalue weighted by molar-refractivity contribution is 5.79. The van der Waals surface area contributed by atoms with Crippen molar-refractivity contribution in [2.75, 3.05) is 19.8 Å². The molecule has 1 aliphatic carbocycles. The average molecular weight is 214 g/mol. The second-order valence-electron chi connectivity index (χ2n) is 4.54. The van der Waals surface area contributed by atoms with Crippen LogP contribution in [0.4, 0.5) is 0 Å². The summed E-state index contributed by atoms with van der Waals surface area (Å²) in [6.07, 6.45) is 1.44. The summed E-state index contributed by atoms with van der Waals surface area (Å²) >= 11 is 0. The van der Waals surface area contributed by atoms with Gasteiger partial charge >= 0.3 is 0 Å². The van der Waals surface area contributed by atoms with E-state index in [0.29, 0.717) is 25.7 Å². The molecule has 86 valence electrons. The highest BCUT2D eigenvalue weighted by atomic mass is 16.5. The van der Waals surface area contributed by atoms with Crippen LogP contribution in [-0.4, -0.2) is 42.9 Å². The molecule has 1 heterocycles. The minimum absolute atomic E-state index is 0.0126. The number of hydrogen-bond donors (Lipinski definition) is 3. The minimum Gasteiger partial charge on any atom is -0.393 e. The van der Waals surface area contributed by atoms with Gasteiger partial charge in [-0.3, -0.25) is 4.79 Å². The number of ether oxygens (including phenoxy) is 1. The third kappa shape index (κ3) is 2.48. The molecule has 0 radical (unpaired) electrons. The van der Waals surface area contributed by atoms with Crippen molar-refractivity contribution in [2.24, 2.45) is 17.6 Å². The van der Waals surface area contributed by atoms with Crippen LogP contribution in [0.3, 0.4) is 0 Å². The summed E-state index contributed by atoms with van der Waals surface area (Å²) in [5.41, 5.74) is 5.73. The molecule has 0 aromatic heterocycles. The van der Waals surface area contributed by atoms with Crippen LogP contribution < -0.4 is 11.1 Å². The summed E-state index contributed by atoms with van der Waals surface area (Å²) in [5, 5.41) is 12.0. The average Bonchev–Trinajstić information content (AvgIpc) is 2.57. The fourth-order valence-corrected chi connectivity index (χ4v) is 2.08. The number of hydrogen-bond acceptors (Lipinski definition) is 4. The van der Waals surface area contributed by atoms with Gasteiger partial charge in [-0.25, -0.2) is 0 Å². The number of aliphatic hydroxyl groups is 1. The molecule has 15 heavy (non-hydrogen) atoms. The molecule has 2 aliphatic rings. The van der Waals surface area contributed by atoms with Crippen molar-refractivity contribution in [3.63, 3.8) is 0 Å². The number of carbonyl (C=O) groups excluding carboxylic acids is 1. The van der Waals surface area contributed by atoms with Crippen molar-refractivity contribution in [3.05, 3.63) is 0 Å². The topological polar surface area (TPSA) is 84.6 Å². The Labute approximate surface area is 89.0 Å². The molecule has 1 amide bonds. The van der Waals surface area contributed by atoms with Gasteiger partial charge in [0.2, 0.25) is 5.91 Å². The van der Waals surface area contributed by atoms with Gasteiger partial charge in [-0.15, -0.1) is 0 Å². The summed E-state index contributed by atoms with van der Waals surface area (Å²) < 4.78 is 5.13. The van der Waals surface area contributed by atoms with Gasteiger partial charge in [0, 0.05) is 12.6 Å². The van der Waals surface area contributed by atoms with Crippen molar-refractivity contribution in [2.45, 2.75) is 25.0 Å². The smallest absolute Gasteiger partial charge is 0.227 e. The van der Waals surface area contributed by atoms with Crippen molar-refractivity contribution in [3.8, 4) is 0 Å². The maximum atomic E-state index is 11.6. The molecule has 2 fully saturated rings. The lowest BCUT2D eigenvalue weighted by atomic mass is 9.82. The van der Waals surface area contributed by atoms with E-state index in [4.69, 9.17) is 15.6 Å². The van der Waals surface area contributed by atoms with Crippen molar-refractivity contribution in [1.29, 1.82) is 0 Å². The Kier molecular flexibility index (Phi) is 3.23. The molecule has 5 nitrogen and oxygen atoms in total. The standard InChI is InChI=1S/C10H18N2O3/c11-9-5-15-4-8(9)10(14)12-3-6-1-7(13)2-6/h6-9,13H,1-5,11H2,(H,12,14). The van der Waals surface area contributed by atoms with Crippen LogP contribution in [0.1, 0.15) is 12.8 Å². The van der Waals surface area contributed by atoms with Gasteiger partial charge in [0.05, 0.1) is 25.2 Å². The van der Waals surface area contributed by atoms with E-state index < -0.39 is 0 Å². The maximum Gasteiger partial charge on any atom is 0.227 e. The fraction of sp³-hybridized carbons (Fsp3) is 0.900. The zero-order valence-electron chi connectivity index (χ0n) is 8.69. The number of nitrogens with two attached hydrogens (primary N) is 1. The van der Waals surface area contributed by atoms with E-state index in [0.717, 1.165) is 12.8 Å². The second kappa shape index (κ2) is 4.47. The van der Waals surface area contributed by atoms with Gasteiger partial charge in [0.15, 0.2) is 0 Å². The third-order valence-electron chi connectivity index (χ3n) is 3.24. The Balaban J connectivity index is 1.68. The van der Waals surface area contributed by atoms with Gasteiger partial charge in [0.1, 0.15) is 0 Å². The molecule has 0 spiro atoms. The van der Waals surface area contributed by atoms with Crippen LogP contribution in [0.15, 0.2) is 0 Å². The van der Waals surface area contributed by atoms with Crippen LogP contribution in [0.5, 0.6) is 0 Å². The summed E-state index contributed by atoms with van der Waals surface area (Å²) in [6, 6.07) is -0.169. The summed E-state index contributed by atoms with van der Waals surface area (Å²) in [6.45, 7) is 1.56. The van der Waals surface area contributed by atoms with Gasteiger partial charge in [0.25, 0.3) is 0 Å². The summed E-state index contributed by atoms with van der Waals surface area (Å²) in [4.78, 5) is 11.6. The molecule has 1 saturated carbocycles. The van der Waals surface area contributed by atoms with E-state index in [9.17, 15) is 4.79 Å². The van der Waals surface area contributed by atoms with Gasteiger partial charge in [-0.1, -0.05) is 0 Å². The van der Waals surface area contributed by atoms with Gasteiger partial charge < -0.3 is 20.9 Å². The first kappa shape index (κ1) is 10.9. The highest BCUT2D eigenvalue weighted by Gasteiger charge is 2.33. The molecule has 0 aromatic carbocycles. The predicted octanol–water partition coefficient (Wildman–Crippen LogP) is -1.15. The second-order valence-corrected chi connectivity index (χ2v) is 4.54. The molecule has 0 bridgehead atoms. The van der Waals surface area contributed by atoms with E-state index >= 15 is 0 Å². The Bertz CT molecular complexity index is 241. The zero-order chi connectivity index (χ0) is 10.8. The lowest BCUT2D eigenvalue weighted by Crippen LogP contribution is -2.44. The molecular weight excluding hydrogens is 196 g/mol. The molecule has 2 rings (SSSR count). The molecule has 2 unspecified atom stereocenters. The molecule has 2 atom stereocenters. The largest absolute Gasteiger partial charge is 0.393 e. The summed E-state index contributed by atoms with van der Waals surface area (Å²) in [5.74, 6) is 0.221. The first-order valence-corrected chi connectivity index (χ1v) is 5.46. The van der Waals surface area contributed by atoms with E-state index in [1.165, 1.54) is 0 Å². The number of nitrogens with one attached hydrogen (secondary N) is 1. The molecule has 1 saturated heterocycles. The van der Waals surface area contributed by atoms with E-state index in [-0.39, 0.29) is 24.0 Å². The predicted molar refractivity (Wildman–Crippen MR) is 54.0 cm³/mol. The number of rotatable bonds is 3. The minimum atomic E-state index is -0.199. The first-order chi connectivity index (χ1) is 7.16. The van der Waals surface area contributed by atoms with Gasteiger partial charge in [-0.05, 0) is 18.8 Å². The fourth-order valence-electron chi connectivity index (χ4n) is 2.08. The lowest BCUT2D eigenvalue weighted by molar-refractivity contribution is -0.125. The van der Waals surface area contributed by atoms with E-state index in [2.05, 4.69) is 5.32 Å². The Morgan fingerprint density at radius 1 is 1.47 bits per heavy atom. The maximum absolute atomic E-state index is 11.6. The number of aliphatic hydroxyl groups excluding tert-OH is 1. The van der Waals surface area contributed by atoms with Gasteiger partial charge in [-0.2, -0.15) is 0 Å². The number of carbonyl (C=O) groups is 1. The molecular formula is C10H18N2O3. The first-order valence-electron chi connectivity index (χ1n) is 5.46. The molecule has 1 aliphatic heterocycles. The molecule has 5 heteroatoms. The zero-order valence-corrected chi connectivity index (χ0v) is 8.69. The van der Waals surface area contributed by atoms with Crippen molar-refractivity contribution < 1.29 is 14.6 Å². The third-order valence-corrected chi connectivity index (χ3v) is 3.24. The van der Waals surface area contributed by atoms with Crippen LogP contribution in [-0.2, 0) is 9.53 Å². The van der Waals surface area contributed by atoms with E-state index in [1.54, 1.807) is 0 Å². The Morgan fingerprint density at radius 2 is 2.20 bits per heavy atom. The molecule has 4 N–H and O–H groups in total. The van der Waals surface area contributed by atoms with E-state index in [1.807, 2.05) is 0 Å². The van der Waals surface area contributed by atoms with Crippen molar-refractivity contribution in [1.82, 2.24) is 5.32 Å². The highest BCUT2D eigenvalue weighted by Crippen LogP contribution is 2.26. The monoisotopic (exact) mass is 214 g/mol. The Morgan fingerprint density at radius 3 is 2.73 bits per heavy atom. The Hall–Kier alpha value is -0.650. The van der Waals surface area contributed by atoms with Crippen LogP contribution in [0, 0.1) is 11.8 Å².